The van der Waals surface area contributed by atoms with Gasteiger partial charge >= 0.3 is 0 Å². The van der Waals surface area contributed by atoms with Crippen LogP contribution in [0, 0.1) is 0 Å². The zero-order chi connectivity index (χ0) is 12.2. The number of rotatable bonds is 4. The molecular formula is C13H18N2O. The molecule has 0 spiro atoms. The lowest BCUT2D eigenvalue weighted by atomic mass is 10.0. The van der Waals surface area contributed by atoms with Crippen LogP contribution in [0.3, 0.4) is 0 Å². The first-order valence-corrected chi connectivity index (χ1v) is 5.34. The molecule has 0 amide bonds. The van der Waals surface area contributed by atoms with Crippen molar-refractivity contribution < 1.29 is 5.11 Å². The number of hydrogen-bond acceptors (Lipinski definition) is 3. The van der Waals surface area contributed by atoms with Gasteiger partial charge in [0.05, 0.1) is 16.8 Å². The van der Waals surface area contributed by atoms with Gasteiger partial charge in [0, 0.05) is 6.21 Å². The number of aromatic hydroxyl groups is 1. The van der Waals surface area contributed by atoms with Crippen molar-refractivity contribution in [2.45, 2.75) is 32.7 Å². The fourth-order valence-corrected chi connectivity index (χ4v) is 1.14. The van der Waals surface area contributed by atoms with Crippen LogP contribution in [0.25, 0.3) is 0 Å². The Balaban J connectivity index is 3.10. The summed E-state index contributed by atoms with van der Waals surface area (Å²) in [5.41, 5.74) is 1.15. The van der Waals surface area contributed by atoms with E-state index in [0.717, 1.165) is 6.42 Å². The van der Waals surface area contributed by atoms with Crippen LogP contribution < -0.4 is 0 Å². The second-order valence-electron chi connectivity index (χ2n) is 4.29. The zero-order valence-electron chi connectivity index (χ0n) is 10.1. The molecule has 16 heavy (non-hydrogen) atoms. The third kappa shape index (κ3) is 2.92. The molecule has 1 rings (SSSR count). The van der Waals surface area contributed by atoms with Crippen LogP contribution in [0.1, 0.15) is 32.8 Å². The van der Waals surface area contributed by atoms with Crippen LogP contribution in [0.15, 0.2) is 28.2 Å². The Labute approximate surface area is 96.6 Å². The lowest BCUT2D eigenvalue weighted by molar-refractivity contribution is 0.474. The second kappa shape index (κ2) is 4.92. The van der Waals surface area contributed by atoms with E-state index in [2.05, 4.69) is 23.6 Å². The molecular weight excluding hydrogens is 200 g/mol. The Morgan fingerprint density at radius 3 is 2.69 bits per heavy atom. The Hall–Kier alpha value is -1.64. The van der Waals surface area contributed by atoms with E-state index in [-0.39, 0.29) is 11.3 Å². The summed E-state index contributed by atoms with van der Waals surface area (Å²) in [5.74, 6) is 0.181. The van der Waals surface area contributed by atoms with Crippen molar-refractivity contribution in [3.63, 3.8) is 0 Å². The van der Waals surface area contributed by atoms with Gasteiger partial charge in [-0.15, -0.1) is 0 Å². The van der Waals surface area contributed by atoms with Crippen LogP contribution in [0.2, 0.25) is 0 Å². The second-order valence-corrected chi connectivity index (χ2v) is 4.29. The molecule has 0 fully saturated rings. The van der Waals surface area contributed by atoms with Gasteiger partial charge in [-0.2, -0.15) is 0 Å². The highest BCUT2D eigenvalue weighted by molar-refractivity contribution is 5.90. The van der Waals surface area contributed by atoms with Crippen molar-refractivity contribution in [1.29, 1.82) is 0 Å². The average Bonchev–Trinajstić information content (AvgIpc) is 2.27. The van der Waals surface area contributed by atoms with Crippen molar-refractivity contribution in [3.05, 3.63) is 23.8 Å². The van der Waals surface area contributed by atoms with E-state index in [1.165, 1.54) is 0 Å². The lowest BCUT2D eigenvalue weighted by Gasteiger charge is -2.16. The molecule has 0 bridgehead atoms. The topological polar surface area (TPSA) is 45.0 Å². The van der Waals surface area contributed by atoms with Gasteiger partial charge in [-0.05, 0) is 39.1 Å². The monoisotopic (exact) mass is 218 g/mol. The summed E-state index contributed by atoms with van der Waals surface area (Å²) in [7, 11) is 0. The maximum Gasteiger partial charge on any atom is 0.126 e. The van der Waals surface area contributed by atoms with Gasteiger partial charge in [-0.1, -0.05) is 13.0 Å². The van der Waals surface area contributed by atoms with Crippen molar-refractivity contribution in [2.75, 3.05) is 0 Å². The molecule has 1 aromatic rings. The fourth-order valence-electron chi connectivity index (χ4n) is 1.14. The molecule has 0 aromatic heterocycles. The standard InChI is InChI=1S/C13H18N2O/c1-5-13(2,3)15-9-10-11(14-4)7-6-8-12(10)16/h6-9,16H,4-5H2,1-3H3. The minimum Gasteiger partial charge on any atom is -0.507 e. The number of aliphatic imine (C=N–C) groups is 2. The minimum atomic E-state index is -0.124. The van der Waals surface area contributed by atoms with Gasteiger partial charge in [-0.3, -0.25) is 9.98 Å². The van der Waals surface area contributed by atoms with E-state index in [9.17, 15) is 5.11 Å². The van der Waals surface area contributed by atoms with Crippen molar-refractivity contribution in [3.8, 4) is 5.75 Å². The first kappa shape index (κ1) is 12.4. The molecule has 0 aliphatic heterocycles. The molecule has 3 nitrogen and oxygen atoms in total. The molecule has 0 saturated carbocycles. The van der Waals surface area contributed by atoms with Crippen molar-refractivity contribution in [1.82, 2.24) is 0 Å². The molecule has 0 radical (unpaired) electrons. The molecule has 3 heteroatoms. The maximum absolute atomic E-state index is 9.71. The van der Waals surface area contributed by atoms with Crippen LogP contribution >= 0.6 is 0 Å². The Morgan fingerprint density at radius 1 is 1.44 bits per heavy atom. The van der Waals surface area contributed by atoms with Gasteiger partial charge in [0.25, 0.3) is 0 Å². The Morgan fingerprint density at radius 2 is 2.12 bits per heavy atom. The fraction of sp³-hybridized carbons (Fsp3) is 0.385. The molecule has 0 aliphatic carbocycles. The first-order chi connectivity index (χ1) is 7.50. The quantitative estimate of drug-likeness (QED) is 0.774. The number of phenols is 1. The highest BCUT2D eigenvalue weighted by Crippen LogP contribution is 2.26. The molecule has 86 valence electrons. The van der Waals surface area contributed by atoms with E-state index in [1.807, 2.05) is 13.8 Å². The molecule has 1 aromatic carbocycles. The molecule has 1 N–H and O–H groups in total. The van der Waals surface area contributed by atoms with Gasteiger partial charge in [0.15, 0.2) is 0 Å². The van der Waals surface area contributed by atoms with Gasteiger partial charge in [0.2, 0.25) is 0 Å². The summed E-state index contributed by atoms with van der Waals surface area (Å²) in [6, 6.07) is 5.16. The van der Waals surface area contributed by atoms with E-state index in [4.69, 9.17) is 0 Å². The normalized spacial score (nSPS) is 11.9. The molecule has 0 atom stereocenters. The summed E-state index contributed by atoms with van der Waals surface area (Å²) >= 11 is 0. The summed E-state index contributed by atoms with van der Waals surface area (Å²) in [5, 5.41) is 9.71. The number of phenolic OH excluding ortho intramolecular Hbond substituents is 1. The Bertz CT molecular complexity index is 408. The van der Waals surface area contributed by atoms with Gasteiger partial charge < -0.3 is 5.11 Å². The molecule has 0 heterocycles. The van der Waals surface area contributed by atoms with Crippen LogP contribution in [0.5, 0.6) is 5.75 Å². The molecule has 0 aliphatic rings. The zero-order valence-corrected chi connectivity index (χ0v) is 10.1. The minimum absolute atomic E-state index is 0.124. The summed E-state index contributed by atoms with van der Waals surface area (Å²) in [6.07, 6.45) is 2.61. The van der Waals surface area contributed by atoms with Gasteiger partial charge in [0.1, 0.15) is 5.75 Å². The summed E-state index contributed by atoms with van der Waals surface area (Å²) < 4.78 is 0. The SMILES string of the molecule is C=Nc1cccc(O)c1C=NC(C)(C)CC. The average molecular weight is 218 g/mol. The van der Waals surface area contributed by atoms with Gasteiger partial charge in [-0.25, -0.2) is 0 Å². The lowest BCUT2D eigenvalue weighted by Crippen LogP contribution is -2.14. The van der Waals surface area contributed by atoms with Crippen molar-refractivity contribution >= 4 is 18.6 Å². The number of benzene rings is 1. The predicted octanol–water partition coefficient (Wildman–Crippen LogP) is 3.33. The number of nitrogens with zero attached hydrogens (tertiary/aromatic N) is 2. The highest BCUT2D eigenvalue weighted by Gasteiger charge is 2.12. The van der Waals surface area contributed by atoms with E-state index < -0.39 is 0 Å². The highest BCUT2D eigenvalue weighted by atomic mass is 16.3. The predicted molar refractivity (Wildman–Crippen MR) is 69.3 cm³/mol. The van der Waals surface area contributed by atoms with E-state index in [0.29, 0.717) is 11.3 Å². The van der Waals surface area contributed by atoms with Crippen LogP contribution in [0.4, 0.5) is 5.69 Å². The first-order valence-electron chi connectivity index (χ1n) is 5.34. The number of hydrogen-bond donors (Lipinski definition) is 1. The molecule has 0 saturated heterocycles. The summed E-state index contributed by atoms with van der Waals surface area (Å²) in [4.78, 5) is 8.30. The smallest absolute Gasteiger partial charge is 0.126 e. The van der Waals surface area contributed by atoms with Crippen LogP contribution in [-0.4, -0.2) is 23.6 Å². The molecule has 0 unspecified atom stereocenters. The van der Waals surface area contributed by atoms with Crippen LogP contribution in [-0.2, 0) is 0 Å². The van der Waals surface area contributed by atoms with E-state index in [1.54, 1.807) is 24.4 Å². The maximum atomic E-state index is 9.71. The third-order valence-electron chi connectivity index (χ3n) is 2.64. The van der Waals surface area contributed by atoms with Crippen molar-refractivity contribution in [2.24, 2.45) is 9.98 Å². The third-order valence-corrected chi connectivity index (χ3v) is 2.64. The van der Waals surface area contributed by atoms with E-state index >= 15 is 0 Å². The largest absolute Gasteiger partial charge is 0.507 e. The Kier molecular flexibility index (Phi) is 3.82. The summed E-state index contributed by atoms with van der Waals surface area (Å²) in [6.45, 7) is 9.64.